The Morgan fingerprint density at radius 2 is 1.81 bits per heavy atom. The van der Waals surface area contributed by atoms with Crippen molar-refractivity contribution in [2.24, 2.45) is 5.73 Å². The molecule has 4 aliphatic rings. The van der Waals surface area contributed by atoms with Crippen molar-refractivity contribution in [2.75, 3.05) is 39.8 Å². The van der Waals surface area contributed by atoms with Crippen molar-refractivity contribution in [1.82, 2.24) is 30.2 Å². The summed E-state index contributed by atoms with van der Waals surface area (Å²) in [5, 5.41) is 7.15. The highest BCUT2D eigenvalue weighted by Gasteiger charge is 2.46. The van der Waals surface area contributed by atoms with Crippen molar-refractivity contribution in [3.63, 3.8) is 0 Å². The van der Waals surface area contributed by atoms with Gasteiger partial charge in [-0.2, -0.15) is 0 Å². The number of nitrogens with one attached hydrogen (secondary N) is 2. The summed E-state index contributed by atoms with van der Waals surface area (Å²) in [6.45, 7) is 6.20. The summed E-state index contributed by atoms with van der Waals surface area (Å²) in [6.07, 6.45) is 4.34. The largest absolute Gasteiger partial charge is 0.337 e. The lowest BCUT2D eigenvalue weighted by Gasteiger charge is -2.41. The van der Waals surface area contributed by atoms with Crippen LogP contribution in [-0.2, 0) is 4.79 Å². The number of nitrogens with two attached hydrogens (primary N) is 1. The third-order valence-corrected chi connectivity index (χ3v) is 6.00. The molecule has 0 bridgehead atoms. The van der Waals surface area contributed by atoms with Crippen LogP contribution >= 0.6 is 0 Å². The number of likely N-dealkylation sites (tertiary alicyclic amines) is 2. The van der Waals surface area contributed by atoms with Gasteiger partial charge in [0.2, 0.25) is 0 Å². The molecule has 3 unspecified atom stereocenters. The van der Waals surface area contributed by atoms with Gasteiger partial charge in [0.15, 0.2) is 12.6 Å². The average molecular weight is 374 g/mol. The third kappa shape index (κ3) is 3.35. The Morgan fingerprint density at radius 3 is 2.52 bits per heavy atom. The predicted octanol–water partition coefficient (Wildman–Crippen LogP) is -0.768. The van der Waals surface area contributed by atoms with E-state index < -0.39 is 0 Å². The van der Waals surface area contributed by atoms with E-state index >= 15 is 0 Å². The van der Waals surface area contributed by atoms with E-state index in [2.05, 4.69) is 37.2 Å². The van der Waals surface area contributed by atoms with Crippen LogP contribution in [0.15, 0.2) is 11.5 Å². The number of likely N-dealkylation sites (N-methyl/N-ethyl adjacent to an activating group) is 1. The summed E-state index contributed by atoms with van der Waals surface area (Å²) in [6, 6.07) is 0.181. The van der Waals surface area contributed by atoms with Gasteiger partial charge in [-0.1, -0.05) is 5.92 Å². The van der Waals surface area contributed by atoms with Crippen LogP contribution < -0.4 is 16.4 Å². The maximum Gasteiger partial charge on any atom is 0.276 e. The van der Waals surface area contributed by atoms with Crippen LogP contribution in [0, 0.1) is 11.8 Å². The fraction of sp³-hybridized carbons (Fsp3) is 0.737. The normalized spacial score (nSPS) is 32.1. The summed E-state index contributed by atoms with van der Waals surface area (Å²) >= 11 is 0. The minimum Gasteiger partial charge on any atom is -0.337 e. The summed E-state index contributed by atoms with van der Waals surface area (Å²) < 4.78 is 0. The fourth-order valence-corrected chi connectivity index (χ4v) is 4.59. The third-order valence-electron chi connectivity index (χ3n) is 6.00. The minimum atomic E-state index is -0.0901. The molecule has 148 valence electrons. The lowest BCUT2D eigenvalue weighted by atomic mass is 10.1. The molecule has 0 aromatic carbocycles. The number of nitrogens with zero attached hydrogens (tertiary/aromatic N) is 4. The molecule has 8 heteroatoms. The number of piperidine rings is 1. The first-order valence-corrected chi connectivity index (χ1v) is 10.0. The molecule has 8 nitrogen and oxygen atoms in total. The van der Waals surface area contributed by atoms with Crippen LogP contribution in [0.3, 0.4) is 0 Å². The fourth-order valence-electron chi connectivity index (χ4n) is 4.59. The first kappa shape index (κ1) is 18.4. The summed E-state index contributed by atoms with van der Waals surface area (Å²) in [7, 11) is 1.88. The van der Waals surface area contributed by atoms with Gasteiger partial charge in [0, 0.05) is 39.3 Å². The highest BCUT2D eigenvalue weighted by molar-refractivity contribution is 5.95. The standard InChI is InChI=1S/C19H31N7O/c1-3-4-12-26-15-16(22-19(26)25-11-7-8-14(20)13-25)21-18(23(2)17(15)27)24-9-5-6-10-24/h14,18-19,21-22H,5-13,20H2,1-2H3. The molecule has 0 aliphatic carbocycles. The monoisotopic (exact) mass is 373 g/mol. The SMILES string of the molecule is CC#CCN1C2=C(NC(N3CCCC3)N(C)C2=O)NC1N1CCCC(N)C1. The molecule has 0 spiro atoms. The first-order valence-electron chi connectivity index (χ1n) is 10.0. The summed E-state index contributed by atoms with van der Waals surface area (Å²) in [5.41, 5.74) is 6.91. The van der Waals surface area contributed by atoms with Crippen molar-refractivity contribution >= 4 is 5.91 Å². The molecule has 3 atom stereocenters. The van der Waals surface area contributed by atoms with Gasteiger partial charge in [0.25, 0.3) is 5.91 Å². The average Bonchev–Trinajstić information content (AvgIpc) is 3.31. The molecular formula is C19H31N7O. The van der Waals surface area contributed by atoms with Crippen molar-refractivity contribution in [3.05, 3.63) is 11.5 Å². The molecule has 4 rings (SSSR count). The van der Waals surface area contributed by atoms with Crippen LogP contribution in [0.25, 0.3) is 0 Å². The van der Waals surface area contributed by atoms with E-state index in [4.69, 9.17) is 5.73 Å². The predicted molar refractivity (Wildman–Crippen MR) is 103 cm³/mol. The number of rotatable bonds is 3. The second kappa shape index (κ2) is 7.58. The van der Waals surface area contributed by atoms with E-state index in [1.807, 2.05) is 18.9 Å². The van der Waals surface area contributed by atoms with E-state index in [-0.39, 0.29) is 24.5 Å². The van der Waals surface area contributed by atoms with Crippen LogP contribution in [0.5, 0.6) is 0 Å². The number of carbonyl (C=O) groups excluding carboxylic acids is 1. The molecule has 2 saturated heterocycles. The zero-order valence-corrected chi connectivity index (χ0v) is 16.4. The van der Waals surface area contributed by atoms with Crippen molar-refractivity contribution < 1.29 is 4.79 Å². The van der Waals surface area contributed by atoms with E-state index in [9.17, 15) is 4.79 Å². The Morgan fingerprint density at radius 1 is 1.11 bits per heavy atom. The number of carbonyl (C=O) groups is 1. The Kier molecular flexibility index (Phi) is 5.17. The zero-order valence-electron chi connectivity index (χ0n) is 16.4. The Bertz CT molecular complexity index is 675. The lowest BCUT2D eigenvalue weighted by Crippen LogP contribution is -2.60. The first-order chi connectivity index (χ1) is 13.1. The second-order valence-electron chi connectivity index (χ2n) is 7.87. The van der Waals surface area contributed by atoms with Crippen LogP contribution in [0.4, 0.5) is 0 Å². The van der Waals surface area contributed by atoms with Crippen molar-refractivity contribution in [1.29, 1.82) is 0 Å². The Labute approximate surface area is 161 Å². The maximum atomic E-state index is 13.3. The van der Waals surface area contributed by atoms with E-state index in [1.54, 1.807) is 0 Å². The highest BCUT2D eigenvalue weighted by atomic mass is 16.2. The molecule has 4 aliphatic heterocycles. The number of hydrogen-bond acceptors (Lipinski definition) is 7. The van der Waals surface area contributed by atoms with Gasteiger partial charge in [0.05, 0.1) is 6.54 Å². The quantitative estimate of drug-likeness (QED) is 0.561. The molecule has 1 amide bonds. The van der Waals surface area contributed by atoms with Crippen LogP contribution in [0.1, 0.15) is 32.6 Å². The Balaban J connectivity index is 1.60. The van der Waals surface area contributed by atoms with Gasteiger partial charge in [-0.05, 0) is 32.6 Å². The molecule has 0 saturated carbocycles. The molecule has 2 fully saturated rings. The zero-order chi connectivity index (χ0) is 19.0. The molecule has 0 radical (unpaired) electrons. The molecule has 27 heavy (non-hydrogen) atoms. The molecule has 4 heterocycles. The van der Waals surface area contributed by atoms with Gasteiger partial charge in [0.1, 0.15) is 11.5 Å². The topological polar surface area (TPSA) is 80.1 Å². The van der Waals surface area contributed by atoms with Gasteiger partial charge in [-0.15, -0.1) is 5.92 Å². The highest BCUT2D eigenvalue weighted by Crippen LogP contribution is 2.29. The summed E-state index contributed by atoms with van der Waals surface area (Å²) in [4.78, 5) is 21.9. The van der Waals surface area contributed by atoms with Crippen molar-refractivity contribution in [3.8, 4) is 11.8 Å². The van der Waals surface area contributed by atoms with Crippen LogP contribution in [0.2, 0.25) is 0 Å². The second-order valence-corrected chi connectivity index (χ2v) is 7.87. The van der Waals surface area contributed by atoms with E-state index in [0.717, 1.165) is 44.8 Å². The molecular weight excluding hydrogens is 342 g/mol. The van der Waals surface area contributed by atoms with Crippen molar-refractivity contribution in [2.45, 2.75) is 51.2 Å². The van der Waals surface area contributed by atoms with Gasteiger partial charge < -0.3 is 26.2 Å². The Hall–Kier alpha value is -1.95. The smallest absolute Gasteiger partial charge is 0.276 e. The number of amides is 1. The number of hydrogen-bond donors (Lipinski definition) is 3. The summed E-state index contributed by atoms with van der Waals surface area (Å²) in [5.74, 6) is 6.98. The van der Waals surface area contributed by atoms with E-state index in [0.29, 0.717) is 12.2 Å². The molecule has 0 aromatic heterocycles. The van der Waals surface area contributed by atoms with Gasteiger partial charge >= 0.3 is 0 Å². The van der Waals surface area contributed by atoms with Gasteiger partial charge in [-0.3, -0.25) is 14.6 Å². The maximum absolute atomic E-state index is 13.3. The van der Waals surface area contributed by atoms with Gasteiger partial charge in [-0.25, -0.2) is 0 Å². The lowest BCUT2D eigenvalue weighted by molar-refractivity contribution is -0.135. The molecule has 4 N–H and O–H groups in total. The van der Waals surface area contributed by atoms with Crippen LogP contribution in [-0.4, -0.2) is 83.9 Å². The van der Waals surface area contributed by atoms with E-state index in [1.165, 1.54) is 12.8 Å². The molecule has 0 aromatic rings. The minimum absolute atomic E-state index is 0.0508.